The van der Waals surface area contributed by atoms with Crippen LogP contribution >= 0.6 is 0 Å². The molecule has 0 unspecified atom stereocenters. The number of aliphatic carboxylic acids is 1. The van der Waals surface area contributed by atoms with Crippen molar-refractivity contribution >= 4 is 5.97 Å². The van der Waals surface area contributed by atoms with Crippen LogP contribution < -0.4 is 4.74 Å². The van der Waals surface area contributed by atoms with E-state index >= 15 is 0 Å². The van der Waals surface area contributed by atoms with Crippen molar-refractivity contribution in [2.75, 3.05) is 20.2 Å². The van der Waals surface area contributed by atoms with Gasteiger partial charge in [0.25, 0.3) is 0 Å². The van der Waals surface area contributed by atoms with Gasteiger partial charge in [-0.05, 0) is 63.7 Å². The van der Waals surface area contributed by atoms with Crippen LogP contribution in [-0.2, 0) is 11.3 Å². The van der Waals surface area contributed by atoms with E-state index in [0.717, 1.165) is 43.8 Å². The van der Waals surface area contributed by atoms with Crippen molar-refractivity contribution in [1.29, 1.82) is 0 Å². The summed E-state index contributed by atoms with van der Waals surface area (Å²) in [6.07, 6.45) is 5.48. The molecule has 0 aromatic carbocycles. The van der Waals surface area contributed by atoms with Gasteiger partial charge in [-0.3, -0.25) is 14.7 Å². The summed E-state index contributed by atoms with van der Waals surface area (Å²) in [5.74, 6) is 0.365. The van der Waals surface area contributed by atoms with Crippen LogP contribution in [0.15, 0.2) is 12.4 Å². The van der Waals surface area contributed by atoms with Gasteiger partial charge in [0.15, 0.2) is 0 Å². The number of pyridine rings is 1. The third-order valence-corrected chi connectivity index (χ3v) is 5.05. The summed E-state index contributed by atoms with van der Waals surface area (Å²) in [4.78, 5) is 18.0. The highest BCUT2D eigenvalue weighted by Crippen LogP contribution is 2.35. The van der Waals surface area contributed by atoms with Crippen LogP contribution in [0.4, 0.5) is 0 Å². The second-order valence-corrected chi connectivity index (χ2v) is 6.70. The zero-order chi connectivity index (χ0) is 16.3. The summed E-state index contributed by atoms with van der Waals surface area (Å²) in [7, 11) is 1.66. The summed E-state index contributed by atoms with van der Waals surface area (Å²) in [5, 5.41) is 9.35. The van der Waals surface area contributed by atoms with E-state index in [0.29, 0.717) is 0 Å². The first-order valence-corrected chi connectivity index (χ1v) is 7.79. The Hall–Kier alpha value is -1.62. The lowest BCUT2D eigenvalue weighted by atomic mass is 9.73. The molecule has 122 valence electrons. The van der Waals surface area contributed by atoms with E-state index in [-0.39, 0.29) is 5.92 Å². The number of nitrogens with zero attached hydrogens (tertiary/aromatic N) is 2. The molecule has 5 nitrogen and oxygen atoms in total. The van der Waals surface area contributed by atoms with Gasteiger partial charge < -0.3 is 9.84 Å². The summed E-state index contributed by atoms with van der Waals surface area (Å²) in [6, 6.07) is 0. The minimum absolute atomic E-state index is 0.241. The minimum atomic E-state index is -0.696. The molecule has 0 spiro atoms. The molecule has 1 aliphatic rings. The number of likely N-dealkylation sites (tertiary alicyclic amines) is 1. The predicted octanol–water partition coefficient (Wildman–Crippen LogP) is 2.72. The standard InChI is InChI=1S/C17H26N2O3/c1-12-13(9-18-10-15(12)22-4)11-19-7-5-14(6-8-19)17(2,3)16(20)21/h9-10,14H,5-8,11H2,1-4H3,(H,20,21). The van der Waals surface area contributed by atoms with Crippen molar-refractivity contribution in [2.45, 2.75) is 40.2 Å². The smallest absolute Gasteiger partial charge is 0.309 e. The lowest BCUT2D eigenvalue weighted by molar-refractivity contribution is -0.151. The van der Waals surface area contributed by atoms with Crippen molar-refractivity contribution in [1.82, 2.24) is 9.88 Å². The zero-order valence-electron chi connectivity index (χ0n) is 13.9. The largest absolute Gasteiger partial charge is 0.495 e. The van der Waals surface area contributed by atoms with Gasteiger partial charge in [-0.1, -0.05) is 0 Å². The molecule has 5 heteroatoms. The molecule has 2 heterocycles. The Morgan fingerprint density at radius 1 is 1.41 bits per heavy atom. The van der Waals surface area contributed by atoms with Crippen molar-refractivity contribution in [3.8, 4) is 5.75 Å². The van der Waals surface area contributed by atoms with Gasteiger partial charge in [0.1, 0.15) is 5.75 Å². The Morgan fingerprint density at radius 2 is 2.05 bits per heavy atom. The van der Waals surface area contributed by atoms with Crippen molar-refractivity contribution < 1.29 is 14.6 Å². The molecule has 1 fully saturated rings. The Bertz CT molecular complexity index is 535. The number of hydrogen-bond donors (Lipinski definition) is 1. The number of hydrogen-bond acceptors (Lipinski definition) is 4. The molecule has 1 saturated heterocycles. The average Bonchev–Trinajstić information content (AvgIpc) is 2.50. The van der Waals surface area contributed by atoms with Gasteiger partial charge in [-0.15, -0.1) is 0 Å². The molecule has 0 aliphatic carbocycles. The molecular formula is C17H26N2O3. The fraction of sp³-hybridized carbons (Fsp3) is 0.647. The molecule has 2 rings (SSSR count). The van der Waals surface area contributed by atoms with Gasteiger partial charge in [0.2, 0.25) is 0 Å². The van der Waals surface area contributed by atoms with E-state index in [4.69, 9.17) is 4.74 Å². The van der Waals surface area contributed by atoms with Crippen LogP contribution in [0, 0.1) is 18.3 Å². The monoisotopic (exact) mass is 306 g/mol. The first-order chi connectivity index (χ1) is 10.4. The van der Waals surface area contributed by atoms with E-state index in [1.807, 2.05) is 20.0 Å². The molecule has 0 atom stereocenters. The predicted molar refractivity (Wildman–Crippen MR) is 84.9 cm³/mol. The second kappa shape index (κ2) is 6.65. The maximum absolute atomic E-state index is 11.4. The highest BCUT2D eigenvalue weighted by atomic mass is 16.5. The maximum atomic E-state index is 11.4. The topological polar surface area (TPSA) is 62.7 Å². The van der Waals surface area contributed by atoms with Crippen LogP contribution in [0.25, 0.3) is 0 Å². The van der Waals surface area contributed by atoms with Crippen molar-refractivity contribution in [3.63, 3.8) is 0 Å². The van der Waals surface area contributed by atoms with Crippen molar-refractivity contribution in [3.05, 3.63) is 23.5 Å². The van der Waals surface area contributed by atoms with E-state index in [9.17, 15) is 9.90 Å². The zero-order valence-corrected chi connectivity index (χ0v) is 13.9. The fourth-order valence-corrected chi connectivity index (χ4v) is 3.14. The first-order valence-electron chi connectivity index (χ1n) is 7.79. The molecular weight excluding hydrogens is 280 g/mol. The SMILES string of the molecule is COc1cncc(CN2CCC(C(C)(C)C(=O)O)CC2)c1C. The number of carbonyl (C=O) groups is 1. The summed E-state index contributed by atoms with van der Waals surface area (Å²) in [5.41, 5.74) is 1.67. The van der Waals surface area contributed by atoms with E-state index in [1.165, 1.54) is 5.56 Å². The Balaban J connectivity index is 1.97. The molecule has 1 aliphatic heterocycles. The molecule has 1 N–H and O–H groups in total. The quantitative estimate of drug-likeness (QED) is 0.906. The third-order valence-electron chi connectivity index (χ3n) is 5.05. The number of piperidine rings is 1. The van der Waals surface area contributed by atoms with Gasteiger partial charge in [-0.2, -0.15) is 0 Å². The highest BCUT2D eigenvalue weighted by molar-refractivity contribution is 5.74. The van der Waals surface area contributed by atoms with Crippen LogP contribution in [0.2, 0.25) is 0 Å². The highest BCUT2D eigenvalue weighted by Gasteiger charge is 2.38. The van der Waals surface area contributed by atoms with Crippen molar-refractivity contribution in [2.24, 2.45) is 11.3 Å². The number of aromatic nitrogens is 1. The molecule has 1 aromatic heterocycles. The number of methoxy groups -OCH3 is 1. The lowest BCUT2D eigenvalue weighted by Gasteiger charge is -2.38. The summed E-state index contributed by atoms with van der Waals surface area (Å²) >= 11 is 0. The van der Waals surface area contributed by atoms with Crippen LogP contribution in [0.3, 0.4) is 0 Å². The number of ether oxygens (including phenoxy) is 1. The molecule has 0 saturated carbocycles. The molecule has 0 bridgehead atoms. The molecule has 1 aromatic rings. The second-order valence-electron chi connectivity index (χ2n) is 6.70. The van der Waals surface area contributed by atoms with E-state index < -0.39 is 11.4 Å². The number of rotatable bonds is 5. The van der Waals surface area contributed by atoms with Crippen LogP contribution in [0.5, 0.6) is 5.75 Å². The van der Waals surface area contributed by atoms with Gasteiger partial charge in [0.05, 0.1) is 18.7 Å². The van der Waals surface area contributed by atoms with E-state index in [2.05, 4.69) is 16.8 Å². The molecule has 0 radical (unpaired) electrons. The first kappa shape index (κ1) is 16.7. The lowest BCUT2D eigenvalue weighted by Crippen LogP contribution is -2.41. The van der Waals surface area contributed by atoms with Crippen LogP contribution in [0.1, 0.15) is 37.8 Å². The number of carboxylic acids is 1. The molecule has 22 heavy (non-hydrogen) atoms. The van der Waals surface area contributed by atoms with Crippen LogP contribution in [-0.4, -0.2) is 41.2 Å². The maximum Gasteiger partial charge on any atom is 0.309 e. The van der Waals surface area contributed by atoms with Gasteiger partial charge in [0, 0.05) is 12.7 Å². The normalized spacial score (nSPS) is 17.5. The third kappa shape index (κ3) is 3.40. The Kier molecular flexibility index (Phi) is 5.06. The summed E-state index contributed by atoms with van der Waals surface area (Å²) in [6.45, 7) is 8.43. The van der Waals surface area contributed by atoms with Gasteiger partial charge in [-0.25, -0.2) is 0 Å². The minimum Gasteiger partial charge on any atom is -0.495 e. The Labute approximate surface area is 132 Å². The van der Waals surface area contributed by atoms with Gasteiger partial charge >= 0.3 is 5.97 Å². The Morgan fingerprint density at radius 3 is 2.59 bits per heavy atom. The fourth-order valence-electron chi connectivity index (χ4n) is 3.14. The molecule has 0 amide bonds. The average molecular weight is 306 g/mol. The van der Waals surface area contributed by atoms with E-state index in [1.54, 1.807) is 13.3 Å². The number of carboxylic acid groups (broad SMARTS) is 1. The summed E-state index contributed by atoms with van der Waals surface area (Å²) < 4.78 is 5.32.